The molecule has 0 spiro atoms. The van der Waals surface area contributed by atoms with Gasteiger partial charge in [0.25, 0.3) is 5.56 Å². The molecule has 3 aromatic rings. The molecule has 0 saturated carbocycles. The van der Waals surface area contributed by atoms with Crippen LogP contribution in [0.3, 0.4) is 0 Å². The summed E-state index contributed by atoms with van der Waals surface area (Å²) in [4.78, 5) is 39.8. The highest BCUT2D eigenvalue weighted by Gasteiger charge is 2.36. The van der Waals surface area contributed by atoms with E-state index in [4.69, 9.17) is 4.42 Å². The van der Waals surface area contributed by atoms with E-state index in [0.29, 0.717) is 36.2 Å². The zero-order valence-corrected chi connectivity index (χ0v) is 17.6. The Kier molecular flexibility index (Phi) is 4.50. The molecule has 7 nitrogen and oxygen atoms in total. The van der Waals surface area contributed by atoms with Crippen molar-refractivity contribution in [3.8, 4) is 5.75 Å². The van der Waals surface area contributed by atoms with Crippen molar-refractivity contribution < 1.29 is 14.3 Å². The molecule has 2 aromatic heterocycles. The van der Waals surface area contributed by atoms with Crippen molar-refractivity contribution in [1.29, 1.82) is 0 Å². The molecule has 5 rings (SSSR count). The summed E-state index contributed by atoms with van der Waals surface area (Å²) in [6.07, 6.45) is 0.885. The largest absolute Gasteiger partial charge is 0.507 e. The summed E-state index contributed by atoms with van der Waals surface area (Å²) >= 11 is 0. The lowest BCUT2D eigenvalue weighted by Crippen LogP contribution is -2.49. The minimum absolute atomic E-state index is 0.00594. The van der Waals surface area contributed by atoms with Crippen LogP contribution in [-0.4, -0.2) is 33.6 Å². The summed E-state index contributed by atoms with van der Waals surface area (Å²) in [6, 6.07) is 8.63. The Hall–Kier alpha value is -3.35. The van der Waals surface area contributed by atoms with Gasteiger partial charge < -0.3 is 19.0 Å². The van der Waals surface area contributed by atoms with Crippen LogP contribution in [0.5, 0.6) is 5.75 Å². The van der Waals surface area contributed by atoms with Crippen LogP contribution in [0.1, 0.15) is 34.7 Å². The Bertz CT molecular complexity index is 1340. The molecule has 1 saturated heterocycles. The van der Waals surface area contributed by atoms with Crippen molar-refractivity contribution in [2.24, 2.45) is 5.92 Å². The Labute approximate surface area is 178 Å². The third-order valence-corrected chi connectivity index (χ3v) is 6.66. The van der Waals surface area contributed by atoms with Crippen molar-refractivity contribution in [2.45, 2.75) is 39.2 Å². The minimum Gasteiger partial charge on any atom is -0.507 e. The highest BCUT2D eigenvalue weighted by molar-refractivity contribution is 5.89. The molecule has 1 aromatic carbocycles. The Morgan fingerprint density at radius 1 is 1.16 bits per heavy atom. The molecule has 7 heteroatoms. The molecular formula is C24H24N2O5. The fraction of sp³-hybridized carbons (Fsp3) is 0.375. The Balaban J connectivity index is 1.45. The van der Waals surface area contributed by atoms with Crippen LogP contribution in [-0.2, 0) is 17.8 Å². The zero-order valence-electron chi connectivity index (χ0n) is 17.6. The molecule has 1 N–H and O–H groups in total. The number of aromatic nitrogens is 1. The number of pyridine rings is 1. The Morgan fingerprint density at radius 2 is 1.97 bits per heavy atom. The molecule has 0 unspecified atom stereocenters. The quantitative estimate of drug-likeness (QED) is 0.643. The highest BCUT2D eigenvalue weighted by Crippen LogP contribution is 2.35. The number of hydrogen-bond donors (Lipinski definition) is 1. The summed E-state index contributed by atoms with van der Waals surface area (Å²) in [6.45, 7) is 5.26. The average Bonchev–Trinajstić information content (AvgIpc) is 2.71. The highest BCUT2D eigenvalue weighted by atomic mass is 16.4. The maximum Gasteiger partial charge on any atom is 0.340 e. The van der Waals surface area contributed by atoms with Crippen molar-refractivity contribution >= 4 is 16.9 Å². The predicted molar refractivity (Wildman–Crippen MR) is 115 cm³/mol. The number of fused-ring (bicyclic) bond motifs is 5. The van der Waals surface area contributed by atoms with E-state index in [1.807, 2.05) is 17.6 Å². The molecule has 31 heavy (non-hydrogen) atoms. The number of carbonyl (C=O) groups is 1. The number of piperidine rings is 1. The van der Waals surface area contributed by atoms with Gasteiger partial charge in [0.05, 0.1) is 17.4 Å². The summed E-state index contributed by atoms with van der Waals surface area (Å²) in [5.74, 6) is 0.241. The van der Waals surface area contributed by atoms with Crippen molar-refractivity contribution in [1.82, 2.24) is 9.47 Å². The van der Waals surface area contributed by atoms with Crippen LogP contribution in [0.4, 0.5) is 0 Å². The third-order valence-electron chi connectivity index (χ3n) is 6.66. The lowest BCUT2D eigenvalue weighted by atomic mass is 9.83. The van der Waals surface area contributed by atoms with Crippen LogP contribution >= 0.6 is 0 Å². The van der Waals surface area contributed by atoms with Gasteiger partial charge >= 0.3 is 5.63 Å². The van der Waals surface area contributed by atoms with Gasteiger partial charge in [0.2, 0.25) is 5.91 Å². The normalized spacial score (nSPS) is 20.0. The van der Waals surface area contributed by atoms with E-state index in [-0.39, 0.29) is 41.0 Å². The van der Waals surface area contributed by atoms with Crippen LogP contribution in [0.15, 0.2) is 44.3 Å². The average molecular weight is 420 g/mol. The maximum atomic E-state index is 13.2. The number of hydrogen-bond acceptors (Lipinski definition) is 5. The van der Waals surface area contributed by atoms with Gasteiger partial charge in [-0.25, -0.2) is 4.79 Å². The SMILES string of the molecule is Cc1cc(O)c2c(C)c(CC(=O)N3C[C@H]4C[C@H](C3)c3cccc(=O)n3C4)c(=O)oc2c1. The summed E-state index contributed by atoms with van der Waals surface area (Å²) in [5.41, 5.74) is 2.41. The van der Waals surface area contributed by atoms with Crippen LogP contribution < -0.4 is 11.2 Å². The van der Waals surface area contributed by atoms with Crippen LogP contribution in [0.25, 0.3) is 11.0 Å². The topological polar surface area (TPSA) is 92.8 Å². The molecule has 0 aliphatic carbocycles. The second-order valence-electron chi connectivity index (χ2n) is 8.82. The standard InChI is InChI=1S/C24H24N2O5/c1-13-6-19(27)23-14(2)17(24(30)31-20(23)7-13)9-22(29)25-10-15-8-16(12-25)18-4-3-5-21(28)26(18)11-15/h3-7,15-16,27H,8-12H2,1-2H3/t15-,16-/m1/s1. The van der Waals surface area contributed by atoms with Crippen LogP contribution in [0.2, 0.25) is 0 Å². The van der Waals surface area contributed by atoms with Gasteiger partial charge in [-0.1, -0.05) is 6.07 Å². The second kappa shape index (κ2) is 7.11. The number of phenolic OH excluding ortho intramolecular Hbond substituents is 1. The number of amides is 1. The smallest absolute Gasteiger partial charge is 0.340 e. The van der Waals surface area contributed by atoms with Gasteiger partial charge in [0, 0.05) is 37.3 Å². The zero-order chi connectivity index (χ0) is 21.9. The molecule has 4 heterocycles. The first-order valence-corrected chi connectivity index (χ1v) is 10.5. The van der Waals surface area contributed by atoms with Gasteiger partial charge in [-0.15, -0.1) is 0 Å². The van der Waals surface area contributed by atoms with E-state index < -0.39 is 5.63 Å². The number of rotatable bonds is 2. The van der Waals surface area contributed by atoms with Gasteiger partial charge in [0.15, 0.2) is 0 Å². The fourth-order valence-corrected chi connectivity index (χ4v) is 5.23. The molecule has 1 fully saturated rings. The van der Waals surface area contributed by atoms with E-state index in [2.05, 4.69) is 0 Å². The van der Waals surface area contributed by atoms with E-state index in [1.165, 1.54) is 0 Å². The third kappa shape index (κ3) is 3.24. The van der Waals surface area contributed by atoms with Gasteiger partial charge in [-0.2, -0.15) is 0 Å². The van der Waals surface area contributed by atoms with Gasteiger partial charge in [-0.3, -0.25) is 9.59 Å². The molecule has 2 atom stereocenters. The van der Waals surface area contributed by atoms with E-state index in [0.717, 1.165) is 17.7 Å². The summed E-state index contributed by atoms with van der Waals surface area (Å²) in [5, 5.41) is 10.8. The molecule has 0 radical (unpaired) electrons. The number of nitrogens with zero attached hydrogens (tertiary/aromatic N) is 2. The second-order valence-corrected chi connectivity index (χ2v) is 8.82. The monoisotopic (exact) mass is 420 g/mol. The lowest BCUT2D eigenvalue weighted by molar-refractivity contribution is -0.133. The number of likely N-dealkylation sites (tertiary alicyclic amines) is 1. The summed E-state index contributed by atoms with van der Waals surface area (Å²) < 4.78 is 7.26. The van der Waals surface area contributed by atoms with Gasteiger partial charge in [0.1, 0.15) is 11.3 Å². The number of benzene rings is 1. The number of aryl methyl sites for hydroxylation is 2. The van der Waals surface area contributed by atoms with E-state index in [9.17, 15) is 19.5 Å². The summed E-state index contributed by atoms with van der Waals surface area (Å²) in [7, 11) is 0. The number of phenols is 1. The van der Waals surface area contributed by atoms with E-state index >= 15 is 0 Å². The van der Waals surface area contributed by atoms with E-state index in [1.54, 1.807) is 36.1 Å². The number of aromatic hydroxyl groups is 1. The first kappa shape index (κ1) is 19.6. The van der Waals surface area contributed by atoms with Crippen LogP contribution in [0, 0.1) is 19.8 Å². The van der Waals surface area contributed by atoms with Crippen molar-refractivity contribution in [2.75, 3.05) is 13.1 Å². The minimum atomic E-state index is -0.544. The molecule has 2 aliphatic rings. The fourth-order valence-electron chi connectivity index (χ4n) is 5.23. The molecule has 160 valence electrons. The van der Waals surface area contributed by atoms with Crippen molar-refractivity contribution in [3.05, 3.63) is 73.5 Å². The molecule has 2 aliphatic heterocycles. The predicted octanol–water partition coefficient (Wildman–Crippen LogP) is 2.47. The molecule has 2 bridgehead atoms. The number of carbonyl (C=O) groups excluding carboxylic acids is 1. The molecular weight excluding hydrogens is 396 g/mol. The van der Waals surface area contributed by atoms with Crippen molar-refractivity contribution in [3.63, 3.8) is 0 Å². The maximum absolute atomic E-state index is 13.2. The first-order chi connectivity index (χ1) is 14.8. The first-order valence-electron chi connectivity index (χ1n) is 10.5. The Morgan fingerprint density at radius 3 is 2.77 bits per heavy atom. The molecule has 1 amide bonds. The van der Waals surface area contributed by atoms with Gasteiger partial charge in [-0.05, 0) is 55.5 Å². The lowest BCUT2D eigenvalue weighted by Gasteiger charge is -2.42.